The van der Waals surface area contributed by atoms with Crippen LogP contribution in [0.4, 0.5) is 24.0 Å². The summed E-state index contributed by atoms with van der Waals surface area (Å²) in [5, 5.41) is 5.35. The number of halogens is 3. The highest BCUT2D eigenvalue weighted by Gasteiger charge is 2.31. The van der Waals surface area contributed by atoms with Gasteiger partial charge in [-0.25, -0.2) is 4.98 Å². The number of anilines is 2. The third kappa shape index (κ3) is 3.48. The fraction of sp³-hybridized carbons (Fsp3) is 0.250. The van der Waals surface area contributed by atoms with E-state index < -0.39 is 17.6 Å². The van der Waals surface area contributed by atoms with Gasteiger partial charge >= 0.3 is 6.18 Å². The lowest BCUT2D eigenvalue weighted by molar-refractivity contribution is -0.137. The molecule has 0 radical (unpaired) electrons. The van der Waals surface area contributed by atoms with Crippen molar-refractivity contribution in [3.63, 3.8) is 0 Å². The number of rotatable bonds is 3. The van der Waals surface area contributed by atoms with Gasteiger partial charge in [-0.1, -0.05) is 0 Å². The van der Waals surface area contributed by atoms with Crippen LogP contribution in [0.15, 0.2) is 18.2 Å². The molecule has 1 heterocycles. The zero-order valence-electron chi connectivity index (χ0n) is 11.1. The van der Waals surface area contributed by atoms with Gasteiger partial charge in [0.25, 0.3) is 5.91 Å². The highest BCUT2D eigenvalue weighted by atomic mass is 32.1. The van der Waals surface area contributed by atoms with Gasteiger partial charge in [0.05, 0.1) is 11.1 Å². The average Bonchev–Trinajstić information content (AvgIpc) is 2.82. The van der Waals surface area contributed by atoms with Crippen molar-refractivity contribution in [1.29, 1.82) is 0 Å². The van der Waals surface area contributed by atoms with Crippen LogP contribution in [-0.4, -0.2) is 22.3 Å². The molecule has 0 atom stereocenters. The number of aromatic nitrogens is 2. The largest absolute Gasteiger partial charge is 0.416 e. The summed E-state index contributed by atoms with van der Waals surface area (Å²) in [5.74, 6) is -0.199. The molecule has 1 amide bonds. The van der Waals surface area contributed by atoms with Crippen LogP contribution in [0.1, 0.15) is 21.7 Å². The molecule has 0 unspecified atom stereocenters. The topological polar surface area (TPSA) is 66.9 Å². The highest BCUT2D eigenvalue weighted by molar-refractivity contribution is 7.09. The molecule has 0 spiro atoms. The van der Waals surface area contributed by atoms with Crippen LogP contribution in [0.5, 0.6) is 0 Å². The van der Waals surface area contributed by atoms with Crippen LogP contribution in [0.3, 0.4) is 0 Å². The SMILES string of the molecule is CNc1ccc(C(F)(F)F)cc1C(=O)Nc1nc(C)ns1. The molecule has 0 aliphatic rings. The van der Waals surface area contributed by atoms with Gasteiger partial charge in [-0.05, 0) is 25.1 Å². The normalized spacial score (nSPS) is 11.3. The predicted molar refractivity (Wildman–Crippen MR) is 73.6 cm³/mol. The van der Waals surface area contributed by atoms with Crippen LogP contribution in [-0.2, 0) is 6.18 Å². The molecule has 5 nitrogen and oxygen atoms in total. The van der Waals surface area contributed by atoms with E-state index in [4.69, 9.17) is 0 Å². The van der Waals surface area contributed by atoms with Gasteiger partial charge in [0.15, 0.2) is 0 Å². The molecule has 0 saturated heterocycles. The van der Waals surface area contributed by atoms with Gasteiger partial charge in [-0.3, -0.25) is 10.1 Å². The summed E-state index contributed by atoms with van der Waals surface area (Å²) < 4.78 is 42.1. The smallest absolute Gasteiger partial charge is 0.387 e. The second-order valence-electron chi connectivity index (χ2n) is 4.11. The third-order valence-electron chi connectivity index (χ3n) is 2.61. The van der Waals surface area contributed by atoms with Crippen molar-refractivity contribution in [1.82, 2.24) is 9.36 Å². The molecule has 1 aromatic carbocycles. The van der Waals surface area contributed by atoms with Crippen molar-refractivity contribution in [3.05, 3.63) is 35.2 Å². The Balaban J connectivity index is 2.34. The van der Waals surface area contributed by atoms with Crippen molar-refractivity contribution in [2.45, 2.75) is 13.1 Å². The minimum absolute atomic E-state index is 0.111. The average molecular weight is 316 g/mol. The lowest BCUT2D eigenvalue weighted by atomic mass is 10.1. The zero-order chi connectivity index (χ0) is 15.6. The predicted octanol–water partition coefficient (Wildman–Crippen LogP) is 3.16. The van der Waals surface area contributed by atoms with Crippen LogP contribution in [0, 0.1) is 6.92 Å². The molecule has 0 fully saturated rings. The van der Waals surface area contributed by atoms with E-state index in [0.29, 0.717) is 11.5 Å². The standard InChI is InChI=1S/C12H11F3N4OS/c1-6-17-11(21-19-6)18-10(20)8-5-7(12(13,14)15)3-4-9(8)16-2/h3-5,16H,1-2H3,(H,17,18,19,20). The van der Waals surface area contributed by atoms with Gasteiger partial charge in [0.2, 0.25) is 5.13 Å². The monoisotopic (exact) mass is 316 g/mol. The summed E-state index contributed by atoms with van der Waals surface area (Å²) in [4.78, 5) is 16.0. The Morgan fingerprint density at radius 1 is 1.33 bits per heavy atom. The van der Waals surface area contributed by atoms with Crippen molar-refractivity contribution in [2.75, 3.05) is 17.7 Å². The lowest BCUT2D eigenvalue weighted by Crippen LogP contribution is -2.16. The Morgan fingerprint density at radius 3 is 2.57 bits per heavy atom. The molecule has 2 N–H and O–H groups in total. The summed E-state index contributed by atoms with van der Waals surface area (Å²) in [6.45, 7) is 1.65. The van der Waals surface area contributed by atoms with Gasteiger partial charge < -0.3 is 5.32 Å². The van der Waals surface area contributed by atoms with E-state index in [2.05, 4.69) is 20.0 Å². The number of aryl methyl sites for hydroxylation is 1. The fourth-order valence-corrected chi connectivity index (χ4v) is 2.21. The van der Waals surface area contributed by atoms with E-state index in [1.165, 1.54) is 13.1 Å². The minimum atomic E-state index is -4.51. The Bertz CT molecular complexity index is 669. The molecule has 0 aliphatic carbocycles. The van der Waals surface area contributed by atoms with E-state index in [0.717, 1.165) is 23.7 Å². The maximum Gasteiger partial charge on any atom is 0.416 e. The molecule has 0 bridgehead atoms. The van der Waals surface area contributed by atoms with Gasteiger partial charge in [0.1, 0.15) is 5.82 Å². The third-order valence-corrected chi connectivity index (χ3v) is 3.33. The summed E-state index contributed by atoms with van der Waals surface area (Å²) in [6.07, 6.45) is -4.51. The van der Waals surface area contributed by atoms with Crippen LogP contribution in [0.25, 0.3) is 0 Å². The molecule has 112 valence electrons. The molecule has 21 heavy (non-hydrogen) atoms. The Labute approximate surface area is 122 Å². The molecule has 9 heteroatoms. The van der Waals surface area contributed by atoms with E-state index in [1.807, 2.05) is 0 Å². The first-order valence-corrected chi connectivity index (χ1v) is 6.59. The molecular formula is C12H11F3N4OS. The van der Waals surface area contributed by atoms with Crippen molar-refractivity contribution in [3.8, 4) is 0 Å². The van der Waals surface area contributed by atoms with Crippen molar-refractivity contribution >= 4 is 28.3 Å². The number of nitrogens with one attached hydrogen (secondary N) is 2. The summed E-state index contributed by atoms with van der Waals surface area (Å²) in [5.41, 5.74) is -0.706. The maximum atomic E-state index is 12.7. The minimum Gasteiger partial charge on any atom is -0.387 e. The van der Waals surface area contributed by atoms with Gasteiger partial charge in [0, 0.05) is 24.3 Å². The molecular weight excluding hydrogens is 305 g/mol. The van der Waals surface area contributed by atoms with Crippen molar-refractivity contribution in [2.24, 2.45) is 0 Å². The summed E-state index contributed by atoms with van der Waals surface area (Å²) >= 11 is 0.960. The molecule has 1 aromatic heterocycles. The van der Waals surface area contributed by atoms with Gasteiger partial charge in [-0.2, -0.15) is 17.5 Å². The van der Waals surface area contributed by atoms with E-state index in [9.17, 15) is 18.0 Å². The number of carbonyl (C=O) groups is 1. The van der Waals surface area contributed by atoms with E-state index >= 15 is 0 Å². The maximum absolute atomic E-state index is 12.7. The number of hydrogen-bond acceptors (Lipinski definition) is 5. The number of alkyl halides is 3. The van der Waals surface area contributed by atoms with Crippen LogP contribution in [0.2, 0.25) is 0 Å². The quantitative estimate of drug-likeness (QED) is 0.913. The number of hydrogen-bond donors (Lipinski definition) is 2. The number of carbonyl (C=O) groups excluding carboxylic acids is 1. The fourth-order valence-electron chi connectivity index (χ4n) is 1.64. The van der Waals surface area contributed by atoms with Crippen molar-refractivity contribution < 1.29 is 18.0 Å². The molecule has 0 aliphatic heterocycles. The number of nitrogens with zero attached hydrogens (tertiary/aromatic N) is 2. The first-order chi connectivity index (χ1) is 9.81. The first kappa shape index (κ1) is 15.2. The van der Waals surface area contributed by atoms with Crippen LogP contribution < -0.4 is 10.6 Å². The lowest BCUT2D eigenvalue weighted by Gasteiger charge is -2.12. The van der Waals surface area contributed by atoms with Gasteiger partial charge in [-0.15, -0.1) is 0 Å². The second kappa shape index (κ2) is 5.68. The Morgan fingerprint density at radius 2 is 2.05 bits per heavy atom. The van der Waals surface area contributed by atoms with E-state index in [1.54, 1.807) is 6.92 Å². The molecule has 2 rings (SSSR count). The molecule has 2 aromatic rings. The summed E-state index contributed by atoms with van der Waals surface area (Å²) in [6, 6.07) is 2.93. The second-order valence-corrected chi connectivity index (χ2v) is 4.86. The Kier molecular flexibility index (Phi) is 4.12. The first-order valence-electron chi connectivity index (χ1n) is 5.82. The summed E-state index contributed by atoms with van der Waals surface area (Å²) in [7, 11) is 1.52. The Hall–Kier alpha value is -2.16. The number of benzene rings is 1. The van der Waals surface area contributed by atoms with E-state index in [-0.39, 0.29) is 10.7 Å². The van der Waals surface area contributed by atoms with Crippen LogP contribution >= 0.6 is 11.5 Å². The zero-order valence-corrected chi connectivity index (χ0v) is 11.9. The molecule has 0 saturated carbocycles. The number of amides is 1. The highest BCUT2D eigenvalue weighted by Crippen LogP contribution is 2.32.